The van der Waals surface area contributed by atoms with Gasteiger partial charge in [0.25, 0.3) is 5.91 Å². The van der Waals surface area contributed by atoms with Crippen molar-refractivity contribution in [1.82, 2.24) is 20.4 Å². The van der Waals surface area contributed by atoms with Gasteiger partial charge in [-0.3, -0.25) is 30.7 Å². The topological polar surface area (TPSA) is 126 Å². The summed E-state index contributed by atoms with van der Waals surface area (Å²) < 4.78 is 0. The summed E-state index contributed by atoms with van der Waals surface area (Å²) in [6.45, 7) is 4.84. The average Bonchev–Trinajstić information content (AvgIpc) is 2.61. The summed E-state index contributed by atoms with van der Waals surface area (Å²) in [5, 5.41) is 11.4. The first-order valence-corrected chi connectivity index (χ1v) is 7.29. The minimum Gasteiger partial charge on any atom is -0.351 e. The van der Waals surface area contributed by atoms with E-state index in [-0.39, 0.29) is 17.3 Å². The lowest BCUT2D eigenvalue weighted by Gasteiger charge is -2.20. The fraction of sp³-hybridized carbons (Fsp3) is 0.286. The number of pyridine rings is 1. The van der Waals surface area contributed by atoms with Crippen molar-refractivity contribution in [3.8, 4) is 0 Å². The zero-order chi connectivity index (χ0) is 17.5. The molecule has 2 aromatic heterocycles. The lowest BCUT2D eigenvalue weighted by molar-refractivity contribution is -0.383. The van der Waals surface area contributed by atoms with Crippen molar-refractivity contribution in [1.29, 1.82) is 0 Å². The highest BCUT2D eigenvalue weighted by atomic mass is 16.6. The number of hydrogen-bond acceptors (Lipinski definition) is 8. The predicted octanol–water partition coefficient (Wildman–Crippen LogP) is 1.38. The van der Waals surface area contributed by atoms with Crippen molar-refractivity contribution in [2.75, 3.05) is 23.4 Å². The number of nitrogens with zero attached hydrogens (tertiary/aromatic N) is 5. The van der Waals surface area contributed by atoms with Gasteiger partial charge in [0.2, 0.25) is 11.6 Å². The summed E-state index contributed by atoms with van der Waals surface area (Å²) in [6, 6.07) is 3.04. The standard InChI is InChI=1S/C14H17N7O3/c1-3-20(4-2)13-11(21(23)24)12(16-9-17-13)18-19-14(22)10-5-7-15-8-6-10/h5-9H,3-4H2,1-2H3,(H,19,22)(H,16,17,18). The number of nitro groups is 1. The Morgan fingerprint density at radius 2 is 1.92 bits per heavy atom. The molecule has 24 heavy (non-hydrogen) atoms. The van der Waals surface area contributed by atoms with Gasteiger partial charge in [0.1, 0.15) is 6.33 Å². The van der Waals surface area contributed by atoms with Gasteiger partial charge >= 0.3 is 5.69 Å². The van der Waals surface area contributed by atoms with E-state index in [4.69, 9.17) is 0 Å². The van der Waals surface area contributed by atoms with Gasteiger partial charge in [0.05, 0.1) is 4.92 Å². The highest BCUT2D eigenvalue weighted by molar-refractivity contribution is 5.94. The molecule has 2 N–H and O–H groups in total. The maximum atomic E-state index is 12.0. The first kappa shape index (κ1) is 17.1. The molecule has 0 aliphatic heterocycles. The van der Waals surface area contributed by atoms with Crippen LogP contribution in [0.4, 0.5) is 17.3 Å². The lowest BCUT2D eigenvalue weighted by Crippen LogP contribution is -2.31. The summed E-state index contributed by atoms with van der Waals surface area (Å²) in [7, 11) is 0. The molecule has 0 aliphatic carbocycles. The van der Waals surface area contributed by atoms with Gasteiger partial charge in [-0.1, -0.05) is 0 Å². The summed E-state index contributed by atoms with van der Waals surface area (Å²) in [5.41, 5.74) is 4.94. The Kier molecular flexibility index (Phi) is 5.55. The van der Waals surface area contributed by atoms with E-state index in [1.165, 1.54) is 30.9 Å². The molecular weight excluding hydrogens is 314 g/mol. The Hall–Kier alpha value is -3.30. The Labute approximate surface area is 138 Å². The van der Waals surface area contributed by atoms with Gasteiger partial charge in [-0.05, 0) is 26.0 Å². The molecule has 0 atom stereocenters. The second-order valence-corrected chi connectivity index (χ2v) is 4.64. The molecule has 0 fully saturated rings. The number of aromatic nitrogens is 3. The van der Waals surface area contributed by atoms with Gasteiger partial charge in [0, 0.05) is 31.0 Å². The van der Waals surface area contributed by atoms with E-state index >= 15 is 0 Å². The van der Waals surface area contributed by atoms with Gasteiger partial charge in [0.15, 0.2) is 0 Å². The van der Waals surface area contributed by atoms with Crippen LogP contribution in [0.2, 0.25) is 0 Å². The summed E-state index contributed by atoms with van der Waals surface area (Å²) in [6.07, 6.45) is 4.16. The Bertz CT molecular complexity index is 720. The molecule has 0 aromatic carbocycles. The molecule has 0 saturated heterocycles. The van der Waals surface area contributed by atoms with Gasteiger partial charge in [-0.25, -0.2) is 9.97 Å². The third kappa shape index (κ3) is 3.72. The quantitative estimate of drug-likeness (QED) is 0.575. The van der Waals surface area contributed by atoms with Crippen molar-refractivity contribution in [2.24, 2.45) is 0 Å². The smallest absolute Gasteiger partial charge is 0.351 e. The molecule has 126 valence electrons. The Morgan fingerprint density at radius 1 is 1.25 bits per heavy atom. The average molecular weight is 331 g/mol. The van der Waals surface area contributed by atoms with E-state index < -0.39 is 10.8 Å². The van der Waals surface area contributed by atoms with Crippen LogP contribution >= 0.6 is 0 Å². The van der Waals surface area contributed by atoms with Crippen LogP contribution in [0.25, 0.3) is 0 Å². The van der Waals surface area contributed by atoms with Crippen LogP contribution < -0.4 is 15.8 Å². The summed E-state index contributed by atoms with van der Waals surface area (Å²) in [5.74, 6) is -0.352. The minimum atomic E-state index is -0.575. The van der Waals surface area contributed by atoms with E-state index in [1.807, 2.05) is 13.8 Å². The van der Waals surface area contributed by atoms with Crippen molar-refractivity contribution < 1.29 is 9.72 Å². The second-order valence-electron chi connectivity index (χ2n) is 4.64. The molecule has 0 spiro atoms. The third-order valence-corrected chi connectivity index (χ3v) is 3.29. The molecule has 10 heteroatoms. The van der Waals surface area contributed by atoms with Crippen LogP contribution in [0.15, 0.2) is 30.9 Å². The normalized spacial score (nSPS) is 10.1. The number of rotatable bonds is 7. The maximum Gasteiger partial charge on any atom is 0.355 e. The first-order valence-electron chi connectivity index (χ1n) is 7.29. The molecule has 10 nitrogen and oxygen atoms in total. The monoisotopic (exact) mass is 331 g/mol. The van der Waals surface area contributed by atoms with E-state index in [0.717, 1.165) is 0 Å². The summed E-state index contributed by atoms with van der Waals surface area (Å²) in [4.78, 5) is 36.3. The largest absolute Gasteiger partial charge is 0.355 e. The molecule has 0 aliphatic rings. The zero-order valence-electron chi connectivity index (χ0n) is 13.3. The fourth-order valence-electron chi connectivity index (χ4n) is 2.08. The SMILES string of the molecule is CCN(CC)c1ncnc(NNC(=O)c2ccncc2)c1[N+](=O)[O-]. The van der Waals surface area contributed by atoms with E-state index in [1.54, 1.807) is 4.90 Å². The van der Waals surface area contributed by atoms with Gasteiger partial charge in [-0.2, -0.15) is 0 Å². The highest BCUT2D eigenvalue weighted by Crippen LogP contribution is 2.31. The third-order valence-electron chi connectivity index (χ3n) is 3.29. The number of hydrazine groups is 1. The number of carbonyl (C=O) groups is 1. The van der Waals surface area contributed by atoms with E-state index in [0.29, 0.717) is 18.7 Å². The number of anilines is 2. The molecular formula is C14H17N7O3. The second kappa shape index (κ2) is 7.81. The maximum absolute atomic E-state index is 12.0. The Morgan fingerprint density at radius 3 is 2.50 bits per heavy atom. The van der Waals surface area contributed by atoms with Gasteiger partial charge < -0.3 is 4.90 Å². The molecule has 1 amide bonds. The van der Waals surface area contributed by atoms with Crippen molar-refractivity contribution in [3.05, 3.63) is 46.5 Å². The Balaban J connectivity index is 2.25. The summed E-state index contributed by atoms with van der Waals surface area (Å²) >= 11 is 0. The fourth-order valence-corrected chi connectivity index (χ4v) is 2.08. The minimum absolute atomic E-state index is 0.0840. The van der Waals surface area contributed by atoms with E-state index in [9.17, 15) is 14.9 Å². The molecule has 2 rings (SSSR count). The van der Waals surface area contributed by atoms with Crippen LogP contribution in [-0.2, 0) is 0 Å². The highest BCUT2D eigenvalue weighted by Gasteiger charge is 2.26. The molecule has 2 aromatic rings. The first-order chi connectivity index (χ1) is 11.6. The van der Waals surface area contributed by atoms with Crippen molar-refractivity contribution in [3.63, 3.8) is 0 Å². The molecule has 2 heterocycles. The van der Waals surface area contributed by atoms with Crippen LogP contribution in [-0.4, -0.2) is 38.9 Å². The van der Waals surface area contributed by atoms with Crippen LogP contribution in [0.3, 0.4) is 0 Å². The number of nitrogens with one attached hydrogen (secondary N) is 2. The van der Waals surface area contributed by atoms with Crippen molar-refractivity contribution in [2.45, 2.75) is 13.8 Å². The van der Waals surface area contributed by atoms with Crippen LogP contribution in [0.1, 0.15) is 24.2 Å². The predicted molar refractivity (Wildman–Crippen MR) is 87.6 cm³/mol. The molecule has 0 saturated carbocycles. The van der Waals surface area contributed by atoms with Gasteiger partial charge in [-0.15, -0.1) is 0 Å². The molecule has 0 unspecified atom stereocenters. The number of carbonyl (C=O) groups excluding carboxylic acids is 1. The number of amides is 1. The molecule has 0 radical (unpaired) electrons. The van der Waals surface area contributed by atoms with E-state index in [2.05, 4.69) is 25.8 Å². The van der Waals surface area contributed by atoms with Crippen LogP contribution in [0, 0.1) is 10.1 Å². The lowest BCUT2D eigenvalue weighted by atomic mass is 10.3. The number of hydrogen-bond donors (Lipinski definition) is 2. The zero-order valence-corrected chi connectivity index (χ0v) is 13.3. The van der Waals surface area contributed by atoms with Crippen LogP contribution in [0.5, 0.6) is 0 Å². The molecule has 0 bridgehead atoms. The van der Waals surface area contributed by atoms with Crippen molar-refractivity contribution >= 4 is 23.2 Å².